The number of benzene rings is 2. The molecule has 1 aromatic heterocycles. The van der Waals surface area contributed by atoms with Gasteiger partial charge in [0.1, 0.15) is 5.82 Å². The van der Waals surface area contributed by atoms with Crippen LogP contribution in [0.25, 0.3) is 5.70 Å². The molecule has 0 saturated heterocycles. The van der Waals surface area contributed by atoms with Crippen molar-refractivity contribution in [3.05, 3.63) is 102 Å². The zero-order chi connectivity index (χ0) is 24.3. The lowest BCUT2D eigenvalue weighted by Gasteiger charge is -2.36. The molecule has 3 aromatic rings. The Kier molecular flexibility index (Phi) is 5.17. The lowest BCUT2D eigenvalue weighted by Crippen LogP contribution is -2.47. The van der Waals surface area contributed by atoms with Crippen molar-refractivity contribution < 1.29 is 9.59 Å². The van der Waals surface area contributed by atoms with Gasteiger partial charge in [0.05, 0.1) is 11.3 Å². The van der Waals surface area contributed by atoms with Crippen molar-refractivity contribution >= 4 is 34.8 Å². The number of fused-ring (bicyclic) bond motifs is 3. The summed E-state index contributed by atoms with van der Waals surface area (Å²) >= 11 is 6.12. The van der Waals surface area contributed by atoms with Gasteiger partial charge in [-0.05, 0) is 24.1 Å². The van der Waals surface area contributed by atoms with Crippen LogP contribution in [-0.4, -0.2) is 20.8 Å². The van der Waals surface area contributed by atoms with Crippen LogP contribution in [0.15, 0.2) is 63.7 Å². The number of anilines is 1. The van der Waals surface area contributed by atoms with E-state index < -0.39 is 17.2 Å². The Labute approximate surface area is 200 Å². The molecule has 34 heavy (non-hydrogen) atoms. The zero-order valence-corrected chi connectivity index (χ0v) is 19.7. The van der Waals surface area contributed by atoms with Crippen molar-refractivity contribution in [2.75, 3.05) is 4.90 Å². The van der Waals surface area contributed by atoms with Gasteiger partial charge in [-0.25, -0.2) is 4.79 Å². The van der Waals surface area contributed by atoms with Crippen molar-refractivity contribution in [2.24, 2.45) is 14.1 Å². The second-order valence-electron chi connectivity index (χ2n) is 8.54. The van der Waals surface area contributed by atoms with E-state index >= 15 is 0 Å². The Morgan fingerprint density at radius 1 is 0.941 bits per heavy atom. The van der Waals surface area contributed by atoms with Crippen LogP contribution in [0.2, 0.25) is 5.02 Å². The van der Waals surface area contributed by atoms with E-state index in [4.69, 9.17) is 11.6 Å². The zero-order valence-electron chi connectivity index (χ0n) is 19.0. The molecule has 1 atom stereocenters. The fourth-order valence-electron chi connectivity index (χ4n) is 4.98. The third-order valence-corrected chi connectivity index (χ3v) is 6.78. The number of hydrogen-bond donors (Lipinski definition) is 0. The third kappa shape index (κ3) is 2.97. The lowest BCUT2D eigenvalue weighted by molar-refractivity contribution is -0.117. The third-order valence-electron chi connectivity index (χ3n) is 6.52. The van der Waals surface area contributed by atoms with E-state index in [1.54, 1.807) is 55.6 Å². The van der Waals surface area contributed by atoms with Crippen molar-refractivity contribution in [3.8, 4) is 0 Å². The largest absolute Gasteiger partial charge is 0.332 e. The number of halogens is 1. The van der Waals surface area contributed by atoms with E-state index in [1.165, 1.54) is 16.5 Å². The van der Waals surface area contributed by atoms with Crippen LogP contribution in [0.5, 0.6) is 0 Å². The van der Waals surface area contributed by atoms with Gasteiger partial charge >= 0.3 is 5.69 Å². The number of aromatic nitrogens is 2. The summed E-state index contributed by atoms with van der Waals surface area (Å²) in [5.74, 6) is -1.08. The van der Waals surface area contributed by atoms with Crippen LogP contribution in [0, 0.1) is 0 Å². The van der Waals surface area contributed by atoms with E-state index in [1.807, 2.05) is 6.92 Å². The molecule has 2 heterocycles. The number of ketones is 1. The van der Waals surface area contributed by atoms with Crippen molar-refractivity contribution in [1.29, 1.82) is 0 Å². The Morgan fingerprint density at radius 3 is 2.24 bits per heavy atom. The van der Waals surface area contributed by atoms with Crippen LogP contribution < -0.4 is 16.1 Å². The average Bonchev–Trinajstić information content (AvgIpc) is 3.13. The van der Waals surface area contributed by atoms with Gasteiger partial charge in [0.2, 0.25) is 5.91 Å². The first-order valence-corrected chi connectivity index (χ1v) is 11.4. The van der Waals surface area contributed by atoms with Gasteiger partial charge in [-0.15, -0.1) is 0 Å². The van der Waals surface area contributed by atoms with E-state index in [0.717, 1.165) is 4.57 Å². The van der Waals surface area contributed by atoms with Crippen LogP contribution in [0.3, 0.4) is 0 Å². The van der Waals surface area contributed by atoms with Gasteiger partial charge in [-0.3, -0.25) is 28.4 Å². The molecule has 2 aromatic carbocycles. The van der Waals surface area contributed by atoms with Gasteiger partial charge in [0.25, 0.3) is 5.56 Å². The minimum absolute atomic E-state index is 0.196. The number of nitrogens with zero attached hydrogens (tertiary/aromatic N) is 3. The Bertz CT molecular complexity index is 1530. The van der Waals surface area contributed by atoms with Gasteiger partial charge in [0, 0.05) is 48.2 Å². The highest BCUT2D eigenvalue weighted by Crippen LogP contribution is 2.51. The molecule has 8 heteroatoms. The molecule has 172 valence electrons. The molecule has 7 nitrogen and oxygen atoms in total. The Morgan fingerprint density at radius 2 is 1.59 bits per heavy atom. The van der Waals surface area contributed by atoms with Gasteiger partial charge in [-0.1, -0.05) is 54.9 Å². The number of allylic oxidation sites excluding steroid dienone is 1. The van der Waals surface area contributed by atoms with E-state index in [0.29, 0.717) is 39.4 Å². The highest BCUT2D eigenvalue weighted by Gasteiger charge is 2.47. The second-order valence-corrected chi connectivity index (χ2v) is 8.98. The van der Waals surface area contributed by atoms with Gasteiger partial charge in [-0.2, -0.15) is 0 Å². The Hall–Kier alpha value is -3.71. The molecule has 0 bridgehead atoms. The van der Waals surface area contributed by atoms with Crippen molar-refractivity contribution in [1.82, 2.24) is 9.13 Å². The normalized spacial score (nSPS) is 16.4. The maximum atomic E-state index is 13.8. The molecule has 1 aliphatic carbocycles. The summed E-state index contributed by atoms with van der Waals surface area (Å²) in [5.41, 5.74) is 1.69. The summed E-state index contributed by atoms with van der Waals surface area (Å²) < 4.78 is 2.34. The Balaban J connectivity index is 1.96. The molecular weight excluding hydrogens is 454 g/mol. The first kappa shape index (κ1) is 22.1. The maximum Gasteiger partial charge on any atom is 0.332 e. The lowest BCUT2D eigenvalue weighted by atomic mass is 9.81. The van der Waals surface area contributed by atoms with Gasteiger partial charge < -0.3 is 0 Å². The molecule has 0 radical (unpaired) electrons. The van der Waals surface area contributed by atoms with E-state index in [-0.39, 0.29) is 29.5 Å². The highest BCUT2D eigenvalue weighted by atomic mass is 35.5. The monoisotopic (exact) mass is 475 g/mol. The van der Waals surface area contributed by atoms with E-state index in [9.17, 15) is 19.2 Å². The molecule has 1 unspecified atom stereocenters. The molecule has 0 fully saturated rings. The first-order chi connectivity index (χ1) is 16.3. The van der Waals surface area contributed by atoms with Crippen LogP contribution >= 0.6 is 11.6 Å². The molecule has 5 rings (SSSR count). The standard InChI is InChI=1S/C26H22ClN3O4/c1-4-7-18(31)30-22-16-8-5-6-9-17(16)23(32)20(22)19(14-10-12-15(27)13-11-14)21-24(30)28(2)26(34)29(3)25(21)33/h5-6,8-13,19H,4,7H2,1-3H3. The predicted molar refractivity (Wildman–Crippen MR) is 130 cm³/mol. The smallest absolute Gasteiger partial charge is 0.289 e. The summed E-state index contributed by atoms with van der Waals surface area (Å²) in [6.07, 6.45) is 0.768. The number of Topliss-reactive ketones (excluding diaryl/α,β-unsaturated/α-hetero) is 1. The molecule has 0 N–H and O–H groups in total. The summed E-state index contributed by atoms with van der Waals surface area (Å²) in [4.78, 5) is 55.2. The molecule has 0 spiro atoms. The minimum atomic E-state index is -0.765. The first-order valence-electron chi connectivity index (χ1n) is 11.0. The predicted octanol–water partition coefficient (Wildman–Crippen LogP) is 3.62. The highest BCUT2D eigenvalue weighted by molar-refractivity contribution is 6.30. The number of carbonyl (C=O) groups excluding carboxylic acids is 2. The number of hydrogen-bond acceptors (Lipinski definition) is 4. The number of carbonyl (C=O) groups is 2. The summed E-state index contributed by atoms with van der Waals surface area (Å²) in [6, 6.07) is 14.0. The SMILES string of the molecule is CCCC(=O)N1C2=C(C(=O)c3ccccc32)C(c2ccc(Cl)cc2)c2c1n(C)c(=O)n(C)c2=O. The molecular formula is C26H22ClN3O4. The number of amides is 1. The summed E-state index contributed by atoms with van der Waals surface area (Å²) in [7, 11) is 2.94. The van der Waals surface area contributed by atoms with E-state index in [2.05, 4.69) is 0 Å². The summed E-state index contributed by atoms with van der Waals surface area (Å²) in [5, 5.41) is 0.517. The topological polar surface area (TPSA) is 81.4 Å². The fourth-order valence-corrected chi connectivity index (χ4v) is 5.11. The molecule has 0 saturated carbocycles. The fraction of sp³-hybridized carbons (Fsp3) is 0.231. The average molecular weight is 476 g/mol. The number of rotatable bonds is 3. The summed E-state index contributed by atoms with van der Waals surface area (Å²) in [6.45, 7) is 1.88. The molecule has 2 aliphatic rings. The second kappa shape index (κ2) is 7.95. The quantitative estimate of drug-likeness (QED) is 0.579. The maximum absolute atomic E-state index is 13.8. The van der Waals surface area contributed by atoms with Crippen molar-refractivity contribution in [2.45, 2.75) is 25.7 Å². The van der Waals surface area contributed by atoms with Gasteiger partial charge in [0.15, 0.2) is 5.78 Å². The molecule has 1 aliphatic heterocycles. The van der Waals surface area contributed by atoms with Crippen molar-refractivity contribution in [3.63, 3.8) is 0 Å². The van der Waals surface area contributed by atoms with Crippen LogP contribution in [-0.2, 0) is 18.9 Å². The molecule has 1 amide bonds. The van der Waals surface area contributed by atoms with Crippen LogP contribution in [0.1, 0.15) is 52.7 Å². The van der Waals surface area contributed by atoms with Crippen LogP contribution in [0.4, 0.5) is 5.82 Å². The minimum Gasteiger partial charge on any atom is -0.289 e.